The van der Waals surface area contributed by atoms with Crippen LogP contribution in [-0.4, -0.2) is 37.2 Å². The molecule has 6 nitrogen and oxygen atoms in total. The van der Waals surface area contributed by atoms with Crippen molar-refractivity contribution in [3.8, 4) is 0 Å². The van der Waals surface area contributed by atoms with Gasteiger partial charge in [0.25, 0.3) is 0 Å². The van der Waals surface area contributed by atoms with Gasteiger partial charge in [-0.3, -0.25) is 14.4 Å². The third kappa shape index (κ3) is 69.8. The van der Waals surface area contributed by atoms with Crippen LogP contribution < -0.4 is 0 Å². The summed E-state index contributed by atoms with van der Waals surface area (Å²) in [5.74, 6) is -0.841. The van der Waals surface area contributed by atoms with Gasteiger partial charge in [-0.2, -0.15) is 0 Å². The summed E-state index contributed by atoms with van der Waals surface area (Å²) < 4.78 is 17.0. The van der Waals surface area contributed by atoms with E-state index in [-0.39, 0.29) is 31.1 Å². The van der Waals surface area contributed by atoms with Crippen LogP contribution >= 0.6 is 0 Å². The van der Waals surface area contributed by atoms with E-state index in [1.807, 2.05) is 0 Å². The molecule has 0 rings (SSSR count). The van der Waals surface area contributed by atoms with Gasteiger partial charge in [0.15, 0.2) is 6.10 Å². The quantitative estimate of drug-likeness (QED) is 0.0261. The SMILES string of the molecule is CC/C=C\C/C=C\C/C=C\C/C=C\C/C=C\CCCCCCCCCCCCCCCCCCCC(=O)OCC(COC(=O)CCCCCCCCCCC)OC(=O)CCCCCCCCCCCCCCCCCCCCCCCCC. The molecule has 0 saturated heterocycles. The van der Waals surface area contributed by atoms with Gasteiger partial charge in [0.1, 0.15) is 13.2 Å². The Bertz CT molecular complexity index is 1470. The van der Waals surface area contributed by atoms with Gasteiger partial charge in [-0.1, -0.05) is 370 Å². The maximum Gasteiger partial charge on any atom is 0.306 e. The van der Waals surface area contributed by atoms with Crippen molar-refractivity contribution in [1.29, 1.82) is 0 Å². The summed E-state index contributed by atoms with van der Waals surface area (Å²) in [4.78, 5) is 38.3. The highest BCUT2D eigenvalue weighted by Gasteiger charge is 2.19. The number of hydrogen-bond acceptors (Lipinski definition) is 6. The van der Waals surface area contributed by atoms with Crippen molar-refractivity contribution in [2.75, 3.05) is 13.2 Å². The summed E-state index contributed by atoms with van der Waals surface area (Å²) in [6.07, 6.45) is 92.8. The van der Waals surface area contributed by atoms with E-state index in [0.29, 0.717) is 19.3 Å². The number of esters is 3. The van der Waals surface area contributed by atoms with Gasteiger partial charge in [0.05, 0.1) is 0 Å². The van der Waals surface area contributed by atoms with Crippen LogP contribution in [0.3, 0.4) is 0 Å². The number of hydrogen-bond donors (Lipinski definition) is 0. The van der Waals surface area contributed by atoms with Crippen molar-refractivity contribution in [2.24, 2.45) is 0 Å². The van der Waals surface area contributed by atoms with Gasteiger partial charge in [-0.25, -0.2) is 0 Å². The zero-order valence-electron chi connectivity index (χ0n) is 55.7. The zero-order valence-corrected chi connectivity index (χ0v) is 55.7. The lowest BCUT2D eigenvalue weighted by Crippen LogP contribution is -2.30. The minimum Gasteiger partial charge on any atom is -0.462 e. The van der Waals surface area contributed by atoms with E-state index in [1.54, 1.807) is 0 Å². The third-order valence-corrected chi connectivity index (χ3v) is 16.5. The van der Waals surface area contributed by atoms with E-state index >= 15 is 0 Å². The molecule has 0 amide bonds. The van der Waals surface area contributed by atoms with E-state index in [2.05, 4.69) is 81.5 Å². The standard InChI is InChI=1S/C77H140O6/c1-4-7-10-13-16-19-21-23-25-27-29-31-33-34-35-36-37-38-39-40-41-42-44-45-47-49-51-53-55-58-61-64-67-70-76(79)82-73-74(72-81-75(78)69-66-63-60-57-18-15-12-9-6-3)83-77(80)71-68-65-62-59-56-54-52-50-48-46-43-32-30-28-26-24-22-20-17-14-11-8-5-2/h7,10,16,19,23,25,29,31,34-35,74H,4-6,8-9,11-15,17-18,20-22,24,26-28,30,32-33,36-73H2,1-3H3/b10-7-,19-16-,25-23-,31-29-,35-34-. The molecule has 0 fully saturated rings. The molecular weight excluding hydrogens is 1020 g/mol. The Morgan fingerprint density at radius 3 is 0.735 bits per heavy atom. The molecule has 6 heteroatoms. The number of ether oxygens (including phenoxy) is 3. The second-order valence-corrected chi connectivity index (χ2v) is 24.8. The lowest BCUT2D eigenvalue weighted by atomic mass is 10.0. The molecule has 0 saturated carbocycles. The molecule has 0 heterocycles. The molecule has 0 bridgehead atoms. The Morgan fingerprint density at radius 1 is 0.253 bits per heavy atom. The number of allylic oxidation sites excluding steroid dienone is 10. The molecule has 0 aromatic rings. The van der Waals surface area contributed by atoms with Gasteiger partial charge in [0.2, 0.25) is 0 Å². The zero-order chi connectivity index (χ0) is 59.9. The van der Waals surface area contributed by atoms with Crippen LogP contribution in [0.5, 0.6) is 0 Å². The van der Waals surface area contributed by atoms with E-state index < -0.39 is 6.10 Å². The first-order valence-electron chi connectivity index (χ1n) is 36.8. The van der Waals surface area contributed by atoms with Crippen LogP contribution in [0.2, 0.25) is 0 Å². The molecule has 83 heavy (non-hydrogen) atoms. The maximum absolute atomic E-state index is 12.9. The van der Waals surface area contributed by atoms with Crippen LogP contribution in [0.25, 0.3) is 0 Å². The van der Waals surface area contributed by atoms with E-state index in [0.717, 1.165) is 89.9 Å². The highest BCUT2D eigenvalue weighted by atomic mass is 16.6. The predicted molar refractivity (Wildman–Crippen MR) is 362 cm³/mol. The van der Waals surface area contributed by atoms with E-state index in [1.165, 1.54) is 263 Å². The molecule has 0 N–H and O–H groups in total. The second-order valence-electron chi connectivity index (χ2n) is 24.8. The molecule has 0 aromatic carbocycles. The first kappa shape index (κ1) is 80.1. The van der Waals surface area contributed by atoms with Gasteiger partial charge in [-0.05, 0) is 64.2 Å². The first-order valence-corrected chi connectivity index (χ1v) is 36.8. The van der Waals surface area contributed by atoms with Gasteiger partial charge in [-0.15, -0.1) is 0 Å². The van der Waals surface area contributed by atoms with E-state index in [4.69, 9.17) is 14.2 Å². The second kappa shape index (κ2) is 71.6. The van der Waals surface area contributed by atoms with Gasteiger partial charge in [0, 0.05) is 19.3 Å². The number of carbonyl (C=O) groups is 3. The Kier molecular flexibility index (Phi) is 69.1. The van der Waals surface area contributed by atoms with Crippen molar-refractivity contribution in [2.45, 2.75) is 399 Å². The van der Waals surface area contributed by atoms with Crippen molar-refractivity contribution >= 4 is 17.9 Å². The molecule has 0 radical (unpaired) electrons. The molecule has 1 atom stereocenters. The average molecular weight is 1160 g/mol. The Morgan fingerprint density at radius 2 is 0.470 bits per heavy atom. The summed E-state index contributed by atoms with van der Waals surface area (Å²) in [6, 6.07) is 0. The summed E-state index contributed by atoms with van der Waals surface area (Å²) in [6.45, 7) is 6.58. The van der Waals surface area contributed by atoms with E-state index in [9.17, 15) is 14.4 Å². The summed E-state index contributed by atoms with van der Waals surface area (Å²) in [5.41, 5.74) is 0. The van der Waals surface area contributed by atoms with Gasteiger partial charge >= 0.3 is 17.9 Å². The summed E-state index contributed by atoms with van der Waals surface area (Å²) in [5, 5.41) is 0. The summed E-state index contributed by atoms with van der Waals surface area (Å²) >= 11 is 0. The van der Waals surface area contributed by atoms with Crippen LogP contribution in [-0.2, 0) is 28.6 Å². The Hall–Kier alpha value is -2.89. The molecule has 1 unspecified atom stereocenters. The minimum absolute atomic E-state index is 0.0665. The molecule has 484 valence electrons. The number of unbranched alkanes of at least 4 members (excludes halogenated alkanes) is 47. The fourth-order valence-electron chi connectivity index (χ4n) is 11.1. The minimum atomic E-state index is -0.769. The van der Waals surface area contributed by atoms with Crippen LogP contribution in [0, 0.1) is 0 Å². The van der Waals surface area contributed by atoms with Gasteiger partial charge < -0.3 is 14.2 Å². The molecular formula is C77H140O6. The van der Waals surface area contributed by atoms with Crippen molar-refractivity contribution in [3.63, 3.8) is 0 Å². The largest absolute Gasteiger partial charge is 0.462 e. The van der Waals surface area contributed by atoms with Crippen molar-refractivity contribution in [1.82, 2.24) is 0 Å². The Balaban J connectivity index is 4.06. The molecule has 0 spiro atoms. The fourth-order valence-corrected chi connectivity index (χ4v) is 11.1. The third-order valence-electron chi connectivity index (χ3n) is 16.5. The highest BCUT2D eigenvalue weighted by molar-refractivity contribution is 5.71. The van der Waals surface area contributed by atoms with Crippen molar-refractivity contribution in [3.05, 3.63) is 60.8 Å². The number of carbonyl (C=O) groups excluding carboxylic acids is 3. The predicted octanol–water partition coefficient (Wildman–Crippen LogP) is 25.5. The van der Waals surface area contributed by atoms with Crippen LogP contribution in [0.4, 0.5) is 0 Å². The lowest BCUT2D eigenvalue weighted by molar-refractivity contribution is -0.167. The molecule has 0 aromatic heterocycles. The van der Waals surface area contributed by atoms with Crippen LogP contribution in [0.1, 0.15) is 393 Å². The maximum atomic E-state index is 12.9. The molecule has 0 aliphatic carbocycles. The first-order chi connectivity index (χ1) is 41.0. The van der Waals surface area contributed by atoms with Crippen LogP contribution in [0.15, 0.2) is 60.8 Å². The lowest BCUT2D eigenvalue weighted by Gasteiger charge is -2.18. The smallest absolute Gasteiger partial charge is 0.306 e. The average Bonchev–Trinajstić information content (AvgIpc) is 3.49. The monoisotopic (exact) mass is 1160 g/mol. The topological polar surface area (TPSA) is 78.9 Å². The number of rotatable bonds is 68. The van der Waals surface area contributed by atoms with Crippen molar-refractivity contribution < 1.29 is 28.6 Å². The fraction of sp³-hybridized carbons (Fsp3) is 0.831. The summed E-state index contributed by atoms with van der Waals surface area (Å²) in [7, 11) is 0. The Labute approximate surface area is 517 Å². The molecule has 0 aliphatic rings. The highest BCUT2D eigenvalue weighted by Crippen LogP contribution is 2.19. The normalized spacial score (nSPS) is 12.4. The molecule has 0 aliphatic heterocycles.